The predicted octanol–water partition coefficient (Wildman–Crippen LogP) is 2.26. The number of carbonyl (C=O) groups is 1. The number of rotatable bonds is 6. The third-order valence-electron chi connectivity index (χ3n) is 3.34. The number of carbonyl (C=O) groups excluding carboxylic acids is 1. The average Bonchev–Trinajstić information content (AvgIpc) is 2.39. The molecule has 0 saturated carbocycles. The van der Waals surface area contributed by atoms with Crippen LogP contribution in [0.4, 0.5) is 0 Å². The van der Waals surface area contributed by atoms with Crippen molar-refractivity contribution in [3.8, 4) is 0 Å². The third-order valence-corrected chi connectivity index (χ3v) is 3.34. The number of nitrogens with one attached hydrogen (secondary N) is 1. The summed E-state index contributed by atoms with van der Waals surface area (Å²) in [5, 5.41) is 3.17. The standard InChI is InChI=1S/C15H21NO2/c1-2-16-9-7-13(17)11-15-14-6-4-3-5-12(14)8-10-18-15/h3-6,15-16H,2,7-11H2,1H3. The molecule has 18 heavy (non-hydrogen) atoms. The third kappa shape index (κ3) is 3.40. The summed E-state index contributed by atoms with van der Waals surface area (Å²) in [5.74, 6) is 0.276. The van der Waals surface area contributed by atoms with Crippen LogP contribution in [0.5, 0.6) is 0 Å². The Balaban J connectivity index is 1.92. The van der Waals surface area contributed by atoms with Crippen LogP contribution in [0.3, 0.4) is 0 Å². The molecular weight excluding hydrogens is 226 g/mol. The second-order valence-corrected chi connectivity index (χ2v) is 4.65. The van der Waals surface area contributed by atoms with Gasteiger partial charge >= 0.3 is 0 Å². The van der Waals surface area contributed by atoms with Crippen LogP contribution in [0.15, 0.2) is 24.3 Å². The molecule has 1 heterocycles. The van der Waals surface area contributed by atoms with Gasteiger partial charge in [-0.2, -0.15) is 0 Å². The highest BCUT2D eigenvalue weighted by atomic mass is 16.5. The van der Waals surface area contributed by atoms with Gasteiger partial charge in [0.05, 0.1) is 12.7 Å². The van der Waals surface area contributed by atoms with Gasteiger partial charge in [0.1, 0.15) is 5.78 Å². The Labute approximate surface area is 109 Å². The van der Waals surface area contributed by atoms with E-state index < -0.39 is 0 Å². The molecule has 3 nitrogen and oxygen atoms in total. The van der Waals surface area contributed by atoms with E-state index in [9.17, 15) is 4.79 Å². The molecule has 0 aliphatic carbocycles. The molecule has 0 fully saturated rings. The molecule has 2 rings (SSSR count). The molecule has 1 aromatic rings. The maximum Gasteiger partial charge on any atom is 0.137 e. The van der Waals surface area contributed by atoms with E-state index in [-0.39, 0.29) is 11.9 Å². The van der Waals surface area contributed by atoms with Gasteiger partial charge in [-0.3, -0.25) is 4.79 Å². The fraction of sp³-hybridized carbons (Fsp3) is 0.533. The van der Waals surface area contributed by atoms with Crippen LogP contribution in [-0.2, 0) is 16.0 Å². The molecule has 1 aliphatic rings. The molecule has 0 bridgehead atoms. The second-order valence-electron chi connectivity index (χ2n) is 4.65. The van der Waals surface area contributed by atoms with Gasteiger partial charge in [0.2, 0.25) is 0 Å². The first kappa shape index (κ1) is 13.2. The maximum absolute atomic E-state index is 11.9. The van der Waals surface area contributed by atoms with E-state index in [0.29, 0.717) is 12.8 Å². The van der Waals surface area contributed by atoms with Crippen molar-refractivity contribution in [3.63, 3.8) is 0 Å². The smallest absolute Gasteiger partial charge is 0.137 e. The SMILES string of the molecule is CCNCCC(=O)CC1OCCc2ccccc21. The van der Waals surface area contributed by atoms with E-state index in [0.717, 1.165) is 26.1 Å². The van der Waals surface area contributed by atoms with Crippen LogP contribution in [0.25, 0.3) is 0 Å². The van der Waals surface area contributed by atoms with E-state index in [1.807, 2.05) is 19.1 Å². The first-order valence-electron chi connectivity index (χ1n) is 6.73. The molecular formula is C15H21NO2. The highest BCUT2D eigenvalue weighted by molar-refractivity contribution is 5.79. The number of Topliss-reactive ketones (excluding diaryl/α,β-unsaturated/α-hetero) is 1. The second kappa shape index (κ2) is 6.66. The molecule has 1 aliphatic heterocycles. The minimum Gasteiger partial charge on any atom is -0.373 e. The van der Waals surface area contributed by atoms with Gasteiger partial charge in [0, 0.05) is 19.4 Å². The van der Waals surface area contributed by atoms with Crippen molar-refractivity contribution < 1.29 is 9.53 Å². The van der Waals surface area contributed by atoms with Crippen LogP contribution in [0.2, 0.25) is 0 Å². The van der Waals surface area contributed by atoms with E-state index in [1.165, 1.54) is 11.1 Å². The summed E-state index contributed by atoms with van der Waals surface area (Å²) in [6, 6.07) is 8.28. The lowest BCUT2D eigenvalue weighted by Gasteiger charge is -2.25. The summed E-state index contributed by atoms with van der Waals surface area (Å²) in [5.41, 5.74) is 2.52. The van der Waals surface area contributed by atoms with Gasteiger partial charge < -0.3 is 10.1 Å². The van der Waals surface area contributed by atoms with Crippen LogP contribution < -0.4 is 5.32 Å². The monoisotopic (exact) mass is 247 g/mol. The number of hydrogen-bond donors (Lipinski definition) is 1. The Hall–Kier alpha value is -1.19. The number of ether oxygens (including phenoxy) is 1. The van der Waals surface area contributed by atoms with Crippen molar-refractivity contribution in [3.05, 3.63) is 35.4 Å². The zero-order valence-electron chi connectivity index (χ0n) is 10.9. The topological polar surface area (TPSA) is 38.3 Å². The highest BCUT2D eigenvalue weighted by Crippen LogP contribution is 2.29. The quantitative estimate of drug-likeness (QED) is 0.784. The molecule has 0 spiro atoms. The molecule has 98 valence electrons. The first-order valence-corrected chi connectivity index (χ1v) is 6.73. The fourth-order valence-electron chi connectivity index (χ4n) is 2.36. The van der Waals surface area contributed by atoms with Gasteiger partial charge in [-0.1, -0.05) is 31.2 Å². The van der Waals surface area contributed by atoms with Crippen LogP contribution in [0, 0.1) is 0 Å². The lowest BCUT2D eigenvalue weighted by Crippen LogP contribution is -2.22. The number of benzene rings is 1. The lowest BCUT2D eigenvalue weighted by molar-refractivity contribution is -0.122. The summed E-state index contributed by atoms with van der Waals surface area (Å²) >= 11 is 0. The average molecular weight is 247 g/mol. The van der Waals surface area contributed by atoms with Crippen molar-refractivity contribution in [2.45, 2.75) is 32.3 Å². The van der Waals surface area contributed by atoms with Crippen LogP contribution in [0.1, 0.15) is 37.0 Å². The summed E-state index contributed by atoms with van der Waals surface area (Å²) in [6.07, 6.45) is 2.01. The summed E-state index contributed by atoms with van der Waals surface area (Å²) < 4.78 is 5.74. The van der Waals surface area contributed by atoms with E-state index >= 15 is 0 Å². The normalized spacial score (nSPS) is 18.4. The summed E-state index contributed by atoms with van der Waals surface area (Å²) in [6.45, 7) is 4.45. The molecule has 1 N–H and O–H groups in total. The zero-order valence-corrected chi connectivity index (χ0v) is 10.9. The van der Waals surface area contributed by atoms with Gasteiger partial charge in [-0.05, 0) is 24.1 Å². The number of hydrogen-bond acceptors (Lipinski definition) is 3. The van der Waals surface area contributed by atoms with Gasteiger partial charge in [-0.15, -0.1) is 0 Å². The van der Waals surface area contributed by atoms with Gasteiger partial charge in [-0.25, -0.2) is 0 Å². The summed E-state index contributed by atoms with van der Waals surface area (Å²) in [7, 11) is 0. The Bertz CT molecular complexity index is 403. The van der Waals surface area contributed by atoms with Crippen molar-refractivity contribution in [2.24, 2.45) is 0 Å². The first-order chi connectivity index (χ1) is 8.81. The van der Waals surface area contributed by atoms with Gasteiger partial charge in [0.25, 0.3) is 0 Å². The number of ketones is 1. The fourth-order valence-corrected chi connectivity index (χ4v) is 2.36. The number of fused-ring (bicyclic) bond motifs is 1. The van der Waals surface area contributed by atoms with Crippen molar-refractivity contribution in [1.82, 2.24) is 5.32 Å². The van der Waals surface area contributed by atoms with Crippen LogP contribution >= 0.6 is 0 Å². The van der Waals surface area contributed by atoms with Crippen molar-refractivity contribution >= 4 is 5.78 Å². The largest absolute Gasteiger partial charge is 0.373 e. The van der Waals surface area contributed by atoms with Crippen LogP contribution in [-0.4, -0.2) is 25.5 Å². The summed E-state index contributed by atoms with van der Waals surface area (Å²) in [4.78, 5) is 11.9. The van der Waals surface area contributed by atoms with E-state index in [1.54, 1.807) is 0 Å². The molecule has 1 unspecified atom stereocenters. The Morgan fingerprint density at radius 1 is 1.44 bits per heavy atom. The molecule has 3 heteroatoms. The molecule has 0 saturated heterocycles. The van der Waals surface area contributed by atoms with E-state index in [4.69, 9.17) is 4.74 Å². The molecule has 1 aromatic carbocycles. The lowest BCUT2D eigenvalue weighted by atomic mass is 9.94. The van der Waals surface area contributed by atoms with Gasteiger partial charge in [0.15, 0.2) is 0 Å². The predicted molar refractivity (Wildman–Crippen MR) is 71.6 cm³/mol. The minimum absolute atomic E-state index is 0.0379. The molecule has 0 aromatic heterocycles. The highest BCUT2D eigenvalue weighted by Gasteiger charge is 2.22. The Morgan fingerprint density at radius 3 is 3.11 bits per heavy atom. The van der Waals surface area contributed by atoms with Crippen molar-refractivity contribution in [2.75, 3.05) is 19.7 Å². The Morgan fingerprint density at radius 2 is 2.28 bits per heavy atom. The molecule has 1 atom stereocenters. The minimum atomic E-state index is -0.0379. The van der Waals surface area contributed by atoms with E-state index in [2.05, 4.69) is 17.4 Å². The molecule has 0 radical (unpaired) electrons. The zero-order chi connectivity index (χ0) is 12.8. The maximum atomic E-state index is 11.9. The van der Waals surface area contributed by atoms with Crippen molar-refractivity contribution in [1.29, 1.82) is 0 Å². The Kier molecular flexibility index (Phi) is 4.90. The molecule has 0 amide bonds.